The van der Waals surface area contributed by atoms with Crippen molar-refractivity contribution in [1.82, 2.24) is 0 Å². The molecular weight excluding hydrogens is 224 g/mol. The first-order chi connectivity index (χ1) is 8.65. The van der Waals surface area contributed by atoms with Crippen LogP contribution in [0, 0.1) is 0 Å². The molecule has 1 aromatic rings. The Labute approximate surface area is 110 Å². The van der Waals surface area contributed by atoms with Gasteiger partial charge < -0.3 is 11.5 Å². The second-order valence-electron chi connectivity index (χ2n) is 4.80. The van der Waals surface area contributed by atoms with Gasteiger partial charge in [0.15, 0.2) is 0 Å². The van der Waals surface area contributed by atoms with Gasteiger partial charge in [0.25, 0.3) is 5.91 Å². The summed E-state index contributed by atoms with van der Waals surface area (Å²) in [5.74, 6) is -0.447. The maximum Gasteiger partial charge on any atom is 0.250 e. The number of carbonyl (C=O) groups excluding carboxylic acids is 1. The molecule has 0 saturated carbocycles. The van der Waals surface area contributed by atoms with E-state index in [1.54, 1.807) is 6.07 Å². The van der Waals surface area contributed by atoms with E-state index >= 15 is 0 Å². The van der Waals surface area contributed by atoms with Gasteiger partial charge in [-0.3, -0.25) is 4.79 Å². The van der Waals surface area contributed by atoms with Gasteiger partial charge in [-0.15, -0.1) is 0 Å². The number of hydrogen-bond acceptors (Lipinski definition) is 2. The minimum Gasteiger partial charge on any atom is -0.398 e. The third kappa shape index (κ3) is 4.78. The van der Waals surface area contributed by atoms with Gasteiger partial charge in [0.05, 0.1) is 5.56 Å². The molecule has 0 radical (unpaired) electrons. The Morgan fingerprint density at radius 2 is 1.78 bits per heavy atom. The molecule has 1 amide bonds. The number of aryl methyl sites for hydroxylation is 1. The molecule has 1 rings (SSSR count). The van der Waals surface area contributed by atoms with Crippen LogP contribution in [0.4, 0.5) is 5.69 Å². The van der Waals surface area contributed by atoms with Gasteiger partial charge >= 0.3 is 0 Å². The lowest BCUT2D eigenvalue weighted by atomic mass is 10.0. The topological polar surface area (TPSA) is 69.1 Å². The number of rotatable bonds is 8. The molecular formula is C15H24N2O. The maximum atomic E-state index is 11.2. The molecule has 0 unspecified atom stereocenters. The second kappa shape index (κ2) is 7.75. The molecule has 3 heteroatoms. The summed E-state index contributed by atoms with van der Waals surface area (Å²) in [6, 6.07) is 5.57. The molecule has 0 aliphatic carbocycles. The largest absolute Gasteiger partial charge is 0.398 e. The average molecular weight is 248 g/mol. The molecule has 3 nitrogen and oxygen atoms in total. The maximum absolute atomic E-state index is 11.2. The van der Waals surface area contributed by atoms with Crippen molar-refractivity contribution in [2.75, 3.05) is 5.73 Å². The second-order valence-corrected chi connectivity index (χ2v) is 4.80. The number of amides is 1. The number of primary amides is 1. The fourth-order valence-electron chi connectivity index (χ4n) is 2.08. The zero-order valence-corrected chi connectivity index (χ0v) is 11.2. The van der Waals surface area contributed by atoms with Crippen molar-refractivity contribution in [2.45, 2.75) is 51.9 Å². The van der Waals surface area contributed by atoms with Gasteiger partial charge in [-0.2, -0.15) is 0 Å². The normalized spacial score (nSPS) is 10.5. The van der Waals surface area contributed by atoms with E-state index in [2.05, 4.69) is 6.92 Å². The highest BCUT2D eigenvalue weighted by Crippen LogP contribution is 2.16. The molecule has 18 heavy (non-hydrogen) atoms. The molecule has 0 fully saturated rings. The van der Waals surface area contributed by atoms with Crippen LogP contribution in [0.5, 0.6) is 0 Å². The third-order valence-corrected chi connectivity index (χ3v) is 3.20. The molecule has 0 aliphatic heterocycles. The van der Waals surface area contributed by atoms with Crippen LogP contribution in [0.25, 0.3) is 0 Å². The molecule has 0 heterocycles. The summed E-state index contributed by atoms with van der Waals surface area (Å²) < 4.78 is 0. The number of nitrogen functional groups attached to an aromatic ring is 1. The lowest BCUT2D eigenvalue weighted by Gasteiger charge is -2.06. The van der Waals surface area contributed by atoms with Crippen LogP contribution < -0.4 is 11.5 Å². The van der Waals surface area contributed by atoms with Gasteiger partial charge in [0.1, 0.15) is 0 Å². The minimum atomic E-state index is -0.447. The first-order valence-corrected chi connectivity index (χ1v) is 6.83. The highest BCUT2D eigenvalue weighted by atomic mass is 16.1. The molecule has 1 aromatic carbocycles. The Balaban J connectivity index is 2.38. The number of carbonyl (C=O) groups is 1. The number of unbranched alkanes of at least 4 members (excludes halogenated alkanes) is 5. The quantitative estimate of drug-likeness (QED) is 0.547. The first kappa shape index (κ1) is 14.6. The van der Waals surface area contributed by atoms with Gasteiger partial charge in [0, 0.05) is 5.69 Å². The van der Waals surface area contributed by atoms with Crippen molar-refractivity contribution in [3.8, 4) is 0 Å². The van der Waals surface area contributed by atoms with Crippen molar-refractivity contribution < 1.29 is 4.79 Å². The van der Waals surface area contributed by atoms with Gasteiger partial charge in [-0.25, -0.2) is 0 Å². The summed E-state index contributed by atoms with van der Waals surface area (Å²) in [5.41, 5.74) is 13.0. The first-order valence-electron chi connectivity index (χ1n) is 6.83. The van der Waals surface area contributed by atoms with Crippen molar-refractivity contribution in [1.29, 1.82) is 0 Å². The monoisotopic (exact) mass is 248 g/mol. The van der Waals surface area contributed by atoms with E-state index in [0.29, 0.717) is 11.3 Å². The summed E-state index contributed by atoms with van der Waals surface area (Å²) in [5, 5.41) is 0. The van der Waals surface area contributed by atoms with Crippen molar-refractivity contribution >= 4 is 11.6 Å². The smallest absolute Gasteiger partial charge is 0.250 e. The van der Waals surface area contributed by atoms with Crippen LogP contribution in [-0.2, 0) is 6.42 Å². The summed E-state index contributed by atoms with van der Waals surface area (Å²) in [4.78, 5) is 11.2. The van der Waals surface area contributed by atoms with E-state index < -0.39 is 5.91 Å². The Kier molecular flexibility index (Phi) is 6.26. The van der Waals surface area contributed by atoms with Gasteiger partial charge in [-0.05, 0) is 30.5 Å². The minimum absolute atomic E-state index is 0.443. The van der Waals surface area contributed by atoms with Crippen LogP contribution in [0.15, 0.2) is 18.2 Å². The standard InChI is InChI=1S/C15H24N2O/c1-2-3-4-5-6-7-8-12-9-10-14(16)13(11-12)15(17)18/h9-11H,2-8,16H2,1H3,(H2,17,18). The van der Waals surface area contributed by atoms with E-state index in [1.807, 2.05) is 12.1 Å². The van der Waals surface area contributed by atoms with Gasteiger partial charge in [0.2, 0.25) is 0 Å². The molecule has 0 bridgehead atoms. The summed E-state index contributed by atoms with van der Waals surface area (Å²) in [6.45, 7) is 2.22. The number of anilines is 1. The number of benzene rings is 1. The molecule has 0 atom stereocenters. The van der Waals surface area contributed by atoms with E-state index in [9.17, 15) is 4.79 Å². The Morgan fingerprint density at radius 1 is 1.11 bits per heavy atom. The van der Waals surface area contributed by atoms with Crippen molar-refractivity contribution in [3.63, 3.8) is 0 Å². The molecule has 0 spiro atoms. The van der Waals surface area contributed by atoms with Gasteiger partial charge in [-0.1, -0.05) is 45.1 Å². The van der Waals surface area contributed by atoms with Crippen molar-refractivity contribution in [3.05, 3.63) is 29.3 Å². The van der Waals surface area contributed by atoms with Crippen LogP contribution >= 0.6 is 0 Å². The fraction of sp³-hybridized carbons (Fsp3) is 0.533. The van der Waals surface area contributed by atoms with E-state index in [-0.39, 0.29) is 0 Å². The van der Waals surface area contributed by atoms with E-state index in [4.69, 9.17) is 11.5 Å². The summed E-state index contributed by atoms with van der Waals surface area (Å²) in [6.07, 6.45) is 8.62. The lowest BCUT2D eigenvalue weighted by molar-refractivity contribution is 0.100. The van der Waals surface area contributed by atoms with E-state index in [1.165, 1.54) is 32.1 Å². The predicted molar refractivity (Wildman–Crippen MR) is 76.5 cm³/mol. The zero-order valence-electron chi connectivity index (χ0n) is 11.2. The molecule has 0 aliphatic rings. The highest BCUT2D eigenvalue weighted by molar-refractivity contribution is 5.98. The Bertz CT molecular complexity index is 388. The fourth-order valence-corrected chi connectivity index (χ4v) is 2.08. The summed E-state index contributed by atoms with van der Waals surface area (Å²) >= 11 is 0. The average Bonchev–Trinajstić information content (AvgIpc) is 2.35. The lowest BCUT2D eigenvalue weighted by Crippen LogP contribution is -2.13. The highest BCUT2D eigenvalue weighted by Gasteiger charge is 2.06. The predicted octanol–water partition coefficient (Wildman–Crippen LogP) is 3.27. The van der Waals surface area contributed by atoms with Crippen molar-refractivity contribution in [2.24, 2.45) is 5.73 Å². The van der Waals surface area contributed by atoms with E-state index in [0.717, 1.165) is 18.4 Å². The Hall–Kier alpha value is -1.51. The summed E-state index contributed by atoms with van der Waals surface area (Å²) in [7, 11) is 0. The molecule has 0 saturated heterocycles. The van der Waals surface area contributed by atoms with Crippen LogP contribution in [0.2, 0.25) is 0 Å². The molecule has 0 aromatic heterocycles. The Morgan fingerprint density at radius 3 is 2.44 bits per heavy atom. The number of hydrogen-bond donors (Lipinski definition) is 2. The van der Waals surface area contributed by atoms with Crippen LogP contribution in [-0.4, -0.2) is 5.91 Å². The third-order valence-electron chi connectivity index (χ3n) is 3.20. The zero-order chi connectivity index (χ0) is 13.4. The number of nitrogens with two attached hydrogens (primary N) is 2. The SMILES string of the molecule is CCCCCCCCc1ccc(N)c(C(N)=O)c1. The molecule has 100 valence electrons. The van der Waals surface area contributed by atoms with Crippen LogP contribution in [0.1, 0.15) is 61.4 Å². The van der Waals surface area contributed by atoms with Crippen LogP contribution in [0.3, 0.4) is 0 Å². The molecule has 4 N–H and O–H groups in total.